The Kier molecular flexibility index (Phi) is 3.72. The Hall–Kier alpha value is -1.81. The molecule has 0 spiro atoms. The predicted molar refractivity (Wildman–Crippen MR) is 83.4 cm³/mol. The van der Waals surface area contributed by atoms with Crippen LogP contribution in [-0.4, -0.2) is 11.2 Å². The number of hydrogen-bond acceptors (Lipinski definition) is 2. The molecule has 1 aliphatic carbocycles. The lowest BCUT2D eigenvalue weighted by molar-refractivity contribution is 0.335. The lowest BCUT2D eigenvalue weighted by Crippen LogP contribution is -2.10. The zero-order valence-electron chi connectivity index (χ0n) is 11.8. The van der Waals surface area contributed by atoms with Crippen molar-refractivity contribution in [2.45, 2.75) is 20.0 Å². The van der Waals surface area contributed by atoms with Crippen molar-refractivity contribution in [3.05, 3.63) is 59.0 Å². The van der Waals surface area contributed by atoms with Gasteiger partial charge in [-0.15, -0.1) is 11.3 Å². The Morgan fingerprint density at radius 2 is 1.90 bits per heavy atom. The molecule has 0 saturated heterocycles. The SMILES string of the molecule is Cc1nc(C2=CC(C)C(F)C=C2)sc1-c1ccc(F)cc1. The molecule has 4 heteroatoms. The molecular formula is C17H15F2NS. The molecular weight excluding hydrogens is 288 g/mol. The maximum atomic E-state index is 13.5. The van der Waals surface area contributed by atoms with E-state index in [1.54, 1.807) is 35.6 Å². The van der Waals surface area contributed by atoms with Crippen molar-refractivity contribution in [2.24, 2.45) is 5.92 Å². The molecule has 2 atom stereocenters. The van der Waals surface area contributed by atoms with Crippen LogP contribution < -0.4 is 0 Å². The first-order valence-electron chi connectivity index (χ1n) is 6.82. The molecule has 3 rings (SSSR count). The molecule has 2 aromatic rings. The van der Waals surface area contributed by atoms with Gasteiger partial charge in [-0.3, -0.25) is 0 Å². The largest absolute Gasteiger partial charge is 0.242 e. The van der Waals surface area contributed by atoms with E-state index in [0.717, 1.165) is 26.7 Å². The Morgan fingerprint density at radius 1 is 1.19 bits per heavy atom. The first kappa shape index (κ1) is 14.1. The summed E-state index contributed by atoms with van der Waals surface area (Å²) in [4.78, 5) is 5.60. The molecule has 21 heavy (non-hydrogen) atoms. The van der Waals surface area contributed by atoms with Crippen molar-refractivity contribution < 1.29 is 8.78 Å². The van der Waals surface area contributed by atoms with Gasteiger partial charge in [0.25, 0.3) is 0 Å². The minimum Gasteiger partial charge on any atom is -0.242 e. The molecule has 0 bridgehead atoms. The number of allylic oxidation sites excluding steroid dienone is 4. The summed E-state index contributed by atoms with van der Waals surface area (Å²) < 4.78 is 26.5. The zero-order chi connectivity index (χ0) is 15.0. The van der Waals surface area contributed by atoms with Gasteiger partial charge in [0.15, 0.2) is 0 Å². The van der Waals surface area contributed by atoms with Crippen molar-refractivity contribution in [1.29, 1.82) is 0 Å². The second-order valence-electron chi connectivity index (χ2n) is 5.23. The van der Waals surface area contributed by atoms with Gasteiger partial charge in [0.05, 0.1) is 10.6 Å². The third kappa shape index (κ3) is 2.81. The molecule has 0 amide bonds. The fourth-order valence-electron chi connectivity index (χ4n) is 2.33. The third-order valence-corrected chi connectivity index (χ3v) is 4.81. The molecule has 0 aliphatic heterocycles. The van der Waals surface area contributed by atoms with E-state index < -0.39 is 6.17 Å². The van der Waals surface area contributed by atoms with Gasteiger partial charge in [-0.2, -0.15) is 0 Å². The van der Waals surface area contributed by atoms with Crippen LogP contribution in [0.3, 0.4) is 0 Å². The number of thiazole rings is 1. The highest BCUT2D eigenvalue weighted by atomic mass is 32.1. The average Bonchev–Trinajstić information content (AvgIpc) is 2.85. The Balaban J connectivity index is 1.97. The summed E-state index contributed by atoms with van der Waals surface area (Å²) in [5, 5.41) is 0.877. The summed E-state index contributed by atoms with van der Waals surface area (Å²) in [6.45, 7) is 3.79. The third-order valence-electron chi connectivity index (χ3n) is 3.55. The van der Waals surface area contributed by atoms with E-state index in [1.807, 2.05) is 19.9 Å². The molecule has 2 unspecified atom stereocenters. The van der Waals surface area contributed by atoms with Gasteiger partial charge < -0.3 is 0 Å². The lowest BCUT2D eigenvalue weighted by atomic mass is 9.96. The molecule has 1 aliphatic rings. The summed E-state index contributed by atoms with van der Waals surface area (Å²) >= 11 is 1.55. The van der Waals surface area contributed by atoms with Crippen molar-refractivity contribution >= 4 is 16.9 Å². The second kappa shape index (κ2) is 5.53. The molecule has 108 valence electrons. The monoisotopic (exact) mass is 303 g/mol. The Morgan fingerprint density at radius 3 is 2.57 bits per heavy atom. The maximum Gasteiger partial charge on any atom is 0.125 e. The summed E-state index contributed by atoms with van der Waals surface area (Å²) in [7, 11) is 0. The van der Waals surface area contributed by atoms with Crippen molar-refractivity contribution in [2.75, 3.05) is 0 Å². The van der Waals surface area contributed by atoms with E-state index in [4.69, 9.17) is 0 Å². The molecule has 0 fully saturated rings. The van der Waals surface area contributed by atoms with Crippen LogP contribution in [0.2, 0.25) is 0 Å². The van der Waals surface area contributed by atoms with Crippen LogP contribution in [0.5, 0.6) is 0 Å². The van der Waals surface area contributed by atoms with Crippen molar-refractivity contribution in [3.8, 4) is 10.4 Å². The number of hydrogen-bond donors (Lipinski definition) is 0. The fraction of sp³-hybridized carbons (Fsp3) is 0.235. The van der Waals surface area contributed by atoms with Gasteiger partial charge in [0, 0.05) is 11.5 Å². The van der Waals surface area contributed by atoms with Crippen LogP contribution in [0.25, 0.3) is 16.0 Å². The molecule has 0 saturated carbocycles. The fourth-order valence-corrected chi connectivity index (χ4v) is 3.41. The minimum absolute atomic E-state index is 0.136. The predicted octanol–water partition coefficient (Wildman–Crippen LogP) is 5.19. The van der Waals surface area contributed by atoms with E-state index in [9.17, 15) is 8.78 Å². The molecule has 1 heterocycles. The number of rotatable bonds is 2. The topological polar surface area (TPSA) is 12.9 Å². The highest BCUT2D eigenvalue weighted by Gasteiger charge is 2.19. The van der Waals surface area contributed by atoms with Crippen LogP contribution in [-0.2, 0) is 0 Å². The van der Waals surface area contributed by atoms with Crippen LogP contribution in [0, 0.1) is 18.7 Å². The number of benzene rings is 1. The molecule has 1 nitrogen and oxygen atoms in total. The number of nitrogens with zero attached hydrogens (tertiary/aromatic N) is 1. The highest BCUT2D eigenvalue weighted by molar-refractivity contribution is 7.16. The molecule has 1 aromatic carbocycles. The van der Waals surface area contributed by atoms with Crippen molar-refractivity contribution in [1.82, 2.24) is 4.98 Å². The summed E-state index contributed by atoms with van der Waals surface area (Å²) in [5.41, 5.74) is 2.82. The standard InChI is InChI=1S/C17H15F2NS/c1-10-9-13(5-8-15(10)19)17-20-11(2)16(21-17)12-3-6-14(18)7-4-12/h3-10,15H,1-2H3. The number of aromatic nitrogens is 1. The van der Waals surface area contributed by atoms with E-state index in [1.165, 1.54) is 12.1 Å². The van der Waals surface area contributed by atoms with Gasteiger partial charge >= 0.3 is 0 Å². The molecule has 0 N–H and O–H groups in total. The molecule has 0 radical (unpaired) electrons. The van der Waals surface area contributed by atoms with Crippen LogP contribution >= 0.6 is 11.3 Å². The summed E-state index contributed by atoms with van der Waals surface area (Å²) in [5.74, 6) is -0.384. The lowest BCUT2D eigenvalue weighted by Gasteiger charge is -2.14. The maximum absolute atomic E-state index is 13.5. The number of halogens is 2. The van der Waals surface area contributed by atoms with Crippen LogP contribution in [0.15, 0.2) is 42.5 Å². The van der Waals surface area contributed by atoms with Gasteiger partial charge in [-0.1, -0.05) is 31.2 Å². The Labute approximate surface area is 126 Å². The minimum atomic E-state index is -0.925. The Bertz CT molecular complexity index is 713. The second-order valence-corrected chi connectivity index (χ2v) is 6.22. The van der Waals surface area contributed by atoms with Crippen LogP contribution in [0.1, 0.15) is 17.6 Å². The molecule has 1 aromatic heterocycles. The van der Waals surface area contributed by atoms with Gasteiger partial charge in [-0.05, 0) is 30.7 Å². The van der Waals surface area contributed by atoms with E-state index >= 15 is 0 Å². The van der Waals surface area contributed by atoms with E-state index in [-0.39, 0.29) is 11.7 Å². The average molecular weight is 303 g/mol. The normalized spacial score (nSPS) is 21.4. The van der Waals surface area contributed by atoms with E-state index in [2.05, 4.69) is 4.98 Å². The summed E-state index contributed by atoms with van der Waals surface area (Å²) in [6, 6.07) is 6.41. The first-order chi connectivity index (χ1) is 10.0. The smallest absolute Gasteiger partial charge is 0.125 e. The van der Waals surface area contributed by atoms with Crippen LogP contribution in [0.4, 0.5) is 8.78 Å². The van der Waals surface area contributed by atoms with Gasteiger partial charge in [-0.25, -0.2) is 13.8 Å². The first-order valence-corrected chi connectivity index (χ1v) is 7.64. The zero-order valence-corrected chi connectivity index (χ0v) is 12.6. The van der Waals surface area contributed by atoms with Crippen molar-refractivity contribution in [3.63, 3.8) is 0 Å². The van der Waals surface area contributed by atoms with E-state index in [0.29, 0.717) is 0 Å². The quantitative estimate of drug-likeness (QED) is 0.744. The number of alkyl halides is 1. The summed E-state index contributed by atoms with van der Waals surface area (Å²) in [6.07, 6.45) is 4.36. The highest BCUT2D eigenvalue weighted by Crippen LogP contribution is 2.35. The number of aryl methyl sites for hydroxylation is 1. The van der Waals surface area contributed by atoms with Gasteiger partial charge in [0.1, 0.15) is 17.0 Å². The van der Waals surface area contributed by atoms with Gasteiger partial charge in [0.2, 0.25) is 0 Å².